The molecule has 2 heterocycles. The number of hydrogen-bond acceptors (Lipinski definition) is 5. The number of piperidine rings is 1. The quantitative estimate of drug-likeness (QED) is 0.794. The topological polar surface area (TPSA) is 78.4 Å². The maximum Gasteiger partial charge on any atom is 0.271 e. The Kier molecular flexibility index (Phi) is 5.90. The van der Waals surface area contributed by atoms with Gasteiger partial charge < -0.3 is 15.3 Å². The van der Waals surface area contributed by atoms with Crippen molar-refractivity contribution in [1.29, 1.82) is 0 Å². The monoisotopic (exact) mass is 312 g/mol. The van der Waals surface area contributed by atoms with Crippen molar-refractivity contribution in [3.8, 4) is 0 Å². The maximum atomic E-state index is 12.0. The summed E-state index contributed by atoms with van der Waals surface area (Å²) in [7, 11) is 0. The number of halogens is 1. The molecule has 0 unspecified atom stereocenters. The van der Waals surface area contributed by atoms with Crippen molar-refractivity contribution in [3.05, 3.63) is 22.7 Å². The average Bonchev–Trinajstić information content (AvgIpc) is 2.47. The zero-order valence-corrected chi connectivity index (χ0v) is 12.9. The van der Waals surface area contributed by atoms with Gasteiger partial charge in [-0.05, 0) is 32.7 Å². The van der Waals surface area contributed by atoms with Crippen molar-refractivity contribution < 1.29 is 9.90 Å². The second-order valence-corrected chi connectivity index (χ2v) is 5.70. The molecule has 21 heavy (non-hydrogen) atoms. The van der Waals surface area contributed by atoms with Crippen LogP contribution in [-0.4, -0.2) is 58.2 Å². The van der Waals surface area contributed by atoms with Gasteiger partial charge in [0.15, 0.2) is 0 Å². The average molecular weight is 313 g/mol. The molecule has 0 spiro atoms. The fourth-order valence-corrected chi connectivity index (χ4v) is 2.52. The number of carbonyl (C=O) groups excluding carboxylic acids is 1. The number of hydrogen-bond donors (Lipinski definition) is 2. The number of nitrogens with zero attached hydrogens (tertiary/aromatic N) is 3. The van der Waals surface area contributed by atoms with E-state index in [1.807, 2.05) is 0 Å². The summed E-state index contributed by atoms with van der Waals surface area (Å²) in [6.45, 7) is 5.07. The summed E-state index contributed by atoms with van der Waals surface area (Å²) in [4.78, 5) is 22.3. The number of aliphatic hydroxyl groups is 1. The predicted molar refractivity (Wildman–Crippen MR) is 80.4 cm³/mol. The molecule has 0 bridgehead atoms. The lowest BCUT2D eigenvalue weighted by molar-refractivity contribution is 0.0816. The van der Waals surface area contributed by atoms with E-state index in [0.717, 1.165) is 38.9 Å². The number of aryl methyl sites for hydroxylation is 1. The van der Waals surface area contributed by atoms with Crippen LogP contribution in [-0.2, 0) is 0 Å². The summed E-state index contributed by atoms with van der Waals surface area (Å²) in [6.07, 6.45) is 3.83. The minimum atomic E-state index is -0.264. The van der Waals surface area contributed by atoms with Gasteiger partial charge in [0.05, 0.1) is 17.3 Å². The maximum absolute atomic E-state index is 12.0. The number of aromatic nitrogens is 2. The minimum absolute atomic E-state index is 0.149. The molecule has 0 aromatic carbocycles. The SMILES string of the molecule is Cc1ncc(Cl)c(C(=O)NCCCN2CCC(O)CC2)n1. The van der Waals surface area contributed by atoms with Gasteiger partial charge in [0, 0.05) is 19.6 Å². The lowest BCUT2D eigenvalue weighted by Gasteiger charge is -2.29. The van der Waals surface area contributed by atoms with Crippen molar-refractivity contribution >= 4 is 17.5 Å². The molecule has 0 radical (unpaired) electrons. The van der Waals surface area contributed by atoms with E-state index in [4.69, 9.17) is 11.6 Å². The zero-order chi connectivity index (χ0) is 15.2. The molecule has 7 heteroatoms. The van der Waals surface area contributed by atoms with E-state index in [2.05, 4.69) is 20.2 Å². The van der Waals surface area contributed by atoms with Crippen molar-refractivity contribution in [2.75, 3.05) is 26.2 Å². The predicted octanol–water partition coefficient (Wildman–Crippen LogP) is 1.02. The van der Waals surface area contributed by atoms with Crippen LogP contribution < -0.4 is 5.32 Å². The van der Waals surface area contributed by atoms with Crippen molar-refractivity contribution in [3.63, 3.8) is 0 Å². The molecular weight excluding hydrogens is 292 g/mol. The fraction of sp³-hybridized carbons (Fsp3) is 0.643. The van der Waals surface area contributed by atoms with E-state index >= 15 is 0 Å². The Bertz CT molecular complexity index is 490. The molecule has 0 saturated carbocycles. The minimum Gasteiger partial charge on any atom is -0.393 e. The second-order valence-electron chi connectivity index (χ2n) is 5.30. The van der Waals surface area contributed by atoms with Gasteiger partial charge in [-0.3, -0.25) is 4.79 Å². The van der Waals surface area contributed by atoms with E-state index in [-0.39, 0.29) is 22.7 Å². The number of amides is 1. The molecule has 6 nitrogen and oxygen atoms in total. The highest BCUT2D eigenvalue weighted by Crippen LogP contribution is 2.12. The molecule has 0 atom stereocenters. The van der Waals surface area contributed by atoms with Crippen LogP contribution in [0.2, 0.25) is 5.02 Å². The van der Waals surface area contributed by atoms with Gasteiger partial charge in [0.1, 0.15) is 11.5 Å². The molecule has 2 rings (SSSR count). The van der Waals surface area contributed by atoms with E-state index in [0.29, 0.717) is 12.4 Å². The van der Waals surface area contributed by atoms with Gasteiger partial charge in [-0.2, -0.15) is 0 Å². The van der Waals surface area contributed by atoms with Crippen LogP contribution in [0.15, 0.2) is 6.20 Å². The largest absolute Gasteiger partial charge is 0.393 e. The Morgan fingerprint density at radius 3 is 2.95 bits per heavy atom. The van der Waals surface area contributed by atoms with E-state index in [9.17, 15) is 9.90 Å². The molecule has 2 N–H and O–H groups in total. The van der Waals surface area contributed by atoms with Gasteiger partial charge in [-0.25, -0.2) is 9.97 Å². The number of carbonyl (C=O) groups is 1. The van der Waals surface area contributed by atoms with Crippen LogP contribution in [0.3, 0.4) is 0 Å². The second kappa shape index (κ2) is 7.68. The molecule has 1 fully saturated rings. The highest BCUT2D eigenvalue weighted by molar-refractivity contribution is 6.33. The standard InChI is InChI=1S/C14H21ClN4O2/c1-10-17-9-12(15)13(18-10)14(21)16-5-2-6-19-7-3-11(20)4-8-19/h9,11,20H,2-8H2,1H3,(H,16,21). The van der Waals surface area contributed by atoms with Crippen LogP contribution in [0.1, 0.15) is 35.6 Å². The summed E-state index contributed by atoms with van der Waals surface area (Å²) in [5.74, 6) is 0.260. The third kappa shape index (κ3) is 4.91. The van der Waals surface area contributed by atoms with Crippen molar-refractivity contribution in [1.82, 2.24) is 20.2 Å². The molecule has 1 aliphatic heterocycles. The first-order valence-electron chi connectivity index (χ1n) is 7.24. The summed E-state index contributed by atoms with van der Waals surface area (Å²) in [5.41, 5.74) is 0.227. The lowest BCUT2D eigenvalue weighted by Crippen LogP contribution is -2.37. The number of aliphatic hydroxyl groups excluding tert-OH is 1. The Labute approximate surface area is 129 Å². The zero-order valence-electron chi connectivity index (χ0n) is 12.2. The van der Waals surface area contributed by atoms with Crippen LogP contribution in [0, 0.1) is 6.92 Å². The molecule has 1 saturated heterocycles. The van der Waals surface area contributed by atoms with E-state index < -0.39 is 0 Å². The first-order valence-corrected chi connectivity index (χ1v) is 7.62. The molecule has 116 valence electrons. The van der Waals surface area contributed by atoms with Crippen LogP contribution in [0.4, 0.5) is 0 Å². The van der Waals surface area contributed by atoms with Gasteiger partial charge >= 0.3 is 0 Å². The summed E-state index contributed by atoms with van der Waals surface area (Å²) < 4.78 is 0. The summed E-state index contributed by atoms with van der Waals surface area (Å²) in [6, 6.07) is 0. The third-order valence-electron chi connectivity index (χ3n) is 3.57. The van der Waals surface area contributed by atoms with E-state index in [1.54, 1.807) is 6.92 Å². The van der Waals surface area contributed by atoms with Crippen LogP contribution in [0.5, 0.6) is 0 Å². The van der Waals surface area contributed by atoms with Gasteiger partial charge in [0.25, 0.3) is 5.91 Å². The summed E-state index contributed by atoms with van der Waals surface area (Å²) >= 11 is 5.92. The third-order valence-corrected chi connectivity index (χ3v) is 3.85. The smallest absolute Gasteiger partial charge is 0.271 e. The molecule has 1 aromatic heterocycles. The first-order chi connectivity index (χ1) is 10.1. The highest BCUT2D eigenvalue weighted by atomic mass is 35.5. The number of likely N-dealkylation sites (tertiary alicyclic amines) is 1. The van der Waals surface area contributed by atoms with Crippen LogP contribution in [0.25, 0.3) is 0 Å². The van der Waals surface area contributed by atoms with Crippen LogP contribution >= 0.6 is 11.6 Å². The Morgan fingerprint density at radius 1 is 1.52 bits per heavy atom. The Hall–Kier alpha value is -1.24. The molecular formula is C14H21ClN4O2. The van der Waals surface area contributed by atoms with Crippen molar-refractivity contribution in [2.24, 2.45) is 0 Å². The number of nitrogens with one attached hydrogen (secondary N) is 1. The van der Waals surface area contributed by atoms with E-state index in [1.165, 1.54) is 6.20 Å². The Balaban J connectivity index is 1.71. The summed E-state index contributed by atoms with van der Waals surface area (Å²) in [5, 5.41) is 12.5. The van der Waals surface area contributed by atoms with Crippen molar-refractivity contribution in [2.45, 2.75) is 32.3 Å². The number of rotatable bonds is 5. The highest BCUT2D eigenvalue weighted by Gasteiger charge is 2.16. The first kappa shape index (κ1) is 16.1. The Morgan fingerprint density at radius 2 is 2.24 bits per heavy atom. The molecule has 1 aliphatic rings. The molecule has 1 aromatic rings. The van der Waals surface area contributed by atoms with Gasteiger partial charge in [-0.15, -0.1) is 0 Å². The molecule has 1 amide bonds. The normalized spacial score (nSPS) is 16.9. The van der Waals surface area contributed by atoms with Gasteiger partial charge in [0.2, 0.25) is 0 Å². The fourth-order valence-electron chi connectivity index (χ4n) is 2.35. The van der Waals surface area contributed by atoms with Gasteiger partial charge in [-0.1, -0.05) is 11.6 Å². The lowest BCUT2D eigenvalue weighted by atomic mass is 10.1. The molecule has 0 aliphatic carbocycles.